The zero-order chi connectivity index (χ0) is 26.5. The Morgan fingerprint density at radius 2 is 1.88 bits per heavy atom. The molecule has 1 aliphatic rings. The van der Waals surface area contributed by atoms with Gasteiger partial charge in [-0.2, -0.15) is 23.7 Å². The van der Waals surface area contributed by atoms with Gasteiger partial charge in [0.25, 0.3) is 5.56 Å². The van der Waals surface area contributed by atoms with Crippen LogP contribution in [0.2, 0.25) is 5.02 Å². The first-order valence-electron chi connectivity index (χ1n) is 12.3. The summed E-state index contributed by atoms with van der Waals surface area (Å²) in [5.74, 6) is 1.27. The van der Waals surface area contributed by atoms with Crippen molar-refractivity contribution in [1.29, 1.82) is 0 Å². The van der Waals surface area contributed by atoms with Gasteiger partial charge in [-0.3, -0.25) is 14.5 Å². The number of halogens is 1. The number of para-hydroxylation sites is 1. The zero-order valence-corrected chi connectivity index (χ0v) is 22.9. The van der Waals surface area contributed by atoms with E-state index >= 15 is 0 Å². The summed E-state index contributed by atoms with van der Waals surface area (Å²) in [6.45, 7) is 0.704. The third-order valence-corrected chi connectivity index (χ3v) is 7.23. The molecule has 0 unspecified atom stereocenters. The fourth-order valence-corrected chi connectivity index (χ4v) is 5.42. The van der Waals surface area contributed by atoms with Crippen molar-refractivity contribution < 1.29 is 4.74 Å². The number of ether oxygens (including phenoxy) is 1. The molecule has 0 radical (unpaired) electrons. The van der Waals surface area contributed by atoms with E-state index in [1.54, 1.807) is 33.7 Å². The van der Waals surface area contributed by atoms with E-state index in [1.807, 2.05) is 30.3 Å². The lowest BCUT2D eigenvalue weighted by Crippen LogP contribution is -2.33. The summed E-state index contributed by atoms with van der Waals surface area (Å²) in [7, 11) is 1.52. The number of rotatable bonds is 5. The van der Waals surface area contributed by atoms with Crippen LogP contribution in [0.5, 0.6) is 6.01 Å². The van der Waals surface area contributed by atoms with E-state index < -0.39 is 0 Å². The van der Waals surface area contributed by atoms with Gasteiger partial charge in [0, 0.05) is 30.7 Å². The van der Waals surface area contributed by atoms with Gasteiger partial charge in [0.1, 0.15) is 17.7 Å². The van der Waals surface area contributed by atoms with Crippen molar-refractivity contribution in [3.05, 3.63) is 82.5 Å². The van der Waals surface area contributed by atoms with E-state index in [1.165, 1.54) is 13.4 Å². The quantitative estimate of drug-likeness (QED) is 0.327. The SMILES string of the molecule is COc1ncc(-c2[nH]nc3ncnc(N4CCC[C@H]4c4nn5ccc(Cl)c5c(=O)n4-c4ccccc4)c23)cn1.S. The molecule has 1 atom stereocenters. The highest BCUT2D eigenvalue weighted by atomic mass is 35.5. The highest BCUT2D eigenvalue weighted by Crippen LogP contribution is 2.40. The van der Waals surface area contributed by atoms with Crippen LogP contribution in [0.3, 0.4) is 0 Å². The molecule has 14 heteroatoms. The number of aromatic nitrogens is 9. The number of nitrogens with one attached hydrogen (secondary N) is 1. The van der Waals surface area contributed by atoms with Crippen LogP contribution in [-0.4, -0.2) is 58.0 Å². The summed E-state index contributed by atoms with van der Waals surface area (Å²) < 4.78 is 8.31. The van der Waals surface area contributed by atoms with E-state index in [-0.39, 0.29) is 31.1 Å². The average Bonchev–Trinajstić information content (AvgIpc) is 3.72. The normalized spacial score (nSPS) is 15.1. The Bertz CT molecular complexity index is 1890. The van der Waals surface area contributed by atoms with E-state index in [9.17, 15) is 4.79 Å². The van der Waals surface area contributed by atoms with E-state index in [0.717, 1.165) is 18.2 Å². The third kappa shape index (κ3) is 4.05. The molecule has 1 N–H and O–H groups in total. The molecule has 0 amide bonds. The van der Waals surface area contributed by atoms with Gasteiger partial charge in [0.2, 0.25) is 0 Å². The van der Waals surface area contributed by atoms with Crippen LogP contribution in [0.25, 0.3) is 33.5 Å². The van der Waals surface area contributed by atoms with Crippen molar-refractivity contribution in [2.75, 3.05) is 18.6 Å². The summed E-state index contributed by atoms with van der Waals surface area (Å²) in [6.07, 6.45) is 8.17. The number of benzene rings is 1. The molecule has 1 saturated heterocycles. The fraction of sp³-hybridized carbons (Fsp3) is 0.192. The first-order chi connectivity index (χ1) is 19.1. The molecule has 202 valence electrons. The fourth-order valence-electron chi connectivity index (χ4n) is 5.20. The van der Waals surface area contributed by atoms with Gasteiger partial charge < -0.3 is 9.64 Å². The lowest BCUT2D eigenvalue weighted by molar-refractivity contribution is 0.380. The van der Waals surface area contributed by atoms with Crippen molar-refractivity contribution in [2.24, 2.45) is 0 Å². The van der Waals surface area contributed by atoms with Gasteiger partial charge in [0.15, 0.2) is 11.5 Å². The van der Waals surface area contributed by atoms with Gasteiger partial charge in [-0.1, -0.05) is 29.8 Å². The summed E-state index contributed by atoms with van der Waals surface area (Å²) >= 11 is 6.39. The van der Waals surface area contributed by atoms with Crippen LogP contribution < -0.4 is 15.2 Å². The van der Waals surface area contributed by atoms with Crippen LogP contribution in [-0.2, 0) is 0 Å². The number of hydrogen-bond donors (Lipinski definition) is 1. The van der Waals surface area contributed by atoms with Crippen molar-refractivity contribution in [3.63, 3.8) is 0 Å². The second-order valence-electron chi connectivity index (χ2n) is 9.10. The van der Waals surface area contributed by atoms with Gasteiger partial charge in [-0.15, -0.1) is 0 Å². The Kier molecular flexibility index (Phi) is 6.60. The van der Waals surface area contributed by atoms with E-state index in [0.29, 0.717) is 51.3 Å². The number of anilines is 1. The first kappa shape index (κ1) is 25.8. The number of hydrogen-bond acceptors (Lipinski definition) is 9. The van der Waals surface area contributed by atoms with Crippen LogP contribution in [0.4, 0.5) is 5.82 Å². The molecular weight excluding hydrogens is 552 g/mol. The Labute approximate surface area is 239 Å². The molecule has 1 aromatic carbocycles. The van der Waals surface area contributed by atoms with Gasteiger partial charge >= 0.3 is 6.01 Å². The topological polar surface area (TPSA) is 132 Å². The highest BCUT2D eigenvalue weighted by molar-refractivity contribution is 7.59. The molecule has 12 nitrogen and oxygen atoms in total. The van der Waals surface area contributed by atoms with Crippen molar-refractivity contribution in [1.82, 2.24) is 44.3 Å². The largest absolute Gasteiger partial charge is 0.467 e. The predicted octanol–water partition coefficient (Wildman–Crippen LogP) is 3.72. The maximum atomic E-state index is 13.8. The Morgan fingerprint density at radius 3 is 2.65 bits per heavy atom. The predicted molar refractivity (Wildman–Crippen MR) is 155 cm³/mol. The molecule has 1 aliphatic heterocycles. The highest BCUT2D eigenvalue weighted by Gasteiger charge is 2.34. The maximum Gasteiger partial charge on any atom is 0.316 e. The van der Waals surface area contributed by atoms with Crippen LogP contribution in [0.1, 0.15) is 24.7 Å². The molecule has 40 heavy (non-hydrogen) atoms. The van der Waals surface area contributed by atoms with E-state index in [4.69, 9.17) is 26.4 Å². The minimum Gasteiger partial charge on any atom is -0.467 e. The third-order valence-electron chi connectivity index (χ3n) is 6.93. The number of fused-ring (bicyclic) bond motifs is 2. The minimum absolute atomic E-state index is 0. The second kappa shape index (κ2) is 10.2. The molecule has 6 heterocycles. The molecule has 5 aromatic heterocycles. The Hall–Kier alpha value is -4.49. The Morgan fingerprint density at radius 1 is 1.07 bits per heavy atom. The molecule has 1 fully saturated rings. The van der Waals surface area contributed by atoms with Crippen LogP contribution >= 0.6 is 25.1 Å². The summed E-state index contributed by atoms with van der Waals surface area (Å²) in [6, 6.07) is 11.2. The summed E-state index contributed by atoms with van der Waals surface area (Å²) in [5.41, 5.74) is 2.72. The zero-order valence-electron chi connectivity index (χ0n) is 21.2. The molecule has 7 rings (SSSR count). The lowest BCUT2D eigenvalue weighted by atomic mass is 10.1. The van der Waals surface area contributed by atoms with Crippen molar-refractivity contribution in [3.8, 4) is 23.0 Å². The molecule has 0 saturated carbocycles. The summed E-state index contributed by atoms with van der Waals surface area (Å²) in [5, 5.41) is 13.5. The second-order valence-corrected chi connectivity index (χ2v) is 9.50. The van der Waals surface area contributed by atoms with Gasteiger partial charge in [-0.25, -0.2) is 24.5 Å². The van der Waals surface area contributed by atoms with Crippen molar-refractivity contribution in [2.45, 2.75) is 18.9 Å². The number of methoxy groups -OCH3 is 1. The van der Waals surface area contributed by atoms with Crippen molar-refractivity contribution >= 4 is 47.5 Å². The summed E-state index contributed by atoms with van der Waals surface area (Å²) in [4.78, 5) is 33.5. The smallest absolute Gasteiger partial charge is 0.316 e. The molecule has 0 bridgehead atoms. The molecular formula is C26H23ClN10O2S. The van der Waals surface area contributed by atoms with Gasteiger partial charge in [-0.05, 0) is 31.0 Å². The van der Waals surface area contributed by atoms with Crippen LogP contribution in [0.15, 0.2) is 66.1 Å². The first-order valence-corrected chi connectivity index (χ1v) is 12.7. The number of nitrogens with zero attached hydrogens (tertiary/aromatic N) is 9. The maximum absolute atomic E-state index is 13.8. The van der Waals surface area contributed by atoms with E-state index in [2.05, 4.69) is 30.0 Å². The number of aromatic amines is 1. The molecule has 0 spiro atoms. The van der Waals surface area contributed by atoms with Gasteiger partial charge in [0.05, 0.1) is 34.9 Å². The number of H-pyrrole nitrogens is 1. The lowest BCUT2D eigenvalue weighted by Gasteiger charge is -2.27. The van der Waals surface area contributed by atoms with Crippen LogP contribution in [0, 0.1) is 0 Å². The standard InChI is InChI=1S/C26H21ClN10O2.H2S/c1-39-26-28-12-15(13-29-26)20-19-22(33-32-20)30-14-31-24(19)35-10-5-8-18(35)23-34-36-11-9-17(27)21(36)25(38)37(23)16-6-3-2-4-7-16;/h2-4,6-7,9,11-14,18H,5,8,10H2,1H3,(H,30,31,32,33);1H2/t18-;/m0./s1. The molecule has 0 aliphatic carbocycles. The average molecular weight is 575 g/mol. The monoisotopic (exact) mass is 574 g/mol. The Balaban J connectivity index is 0.00000289. The molecule has 6 aromatic rings. The minimum atomic E-state index is -0.253.